The van der Waals surface area contributed by atoms with Crippen LogP contribution in [0.15, 0.2) is 72.8 Å². The average molecular weight is 475 g/mol. The van der Waals surface area contributed by atoms with Gasteiger partial charge in [-0.3, -0.25) is 4.79 Å². The van der Waals surface area contributed by atoms with E-state index in [1.54, 1.807) is 0 Å². The molecule has 3 aromatic carbocycles. The first-order valence-electron chi connectivity index (χ1n) is 12.4. The summed E-state index contributed by atoms with van der Waals surface area (Å²) >= 11 is 0. The second kappa shape index (κ2) is 12.3. The minimum atomic E-state index is -0.0785. The van der Waals surface area contributed by atoms with Crippen LogP contribution in [-0.4, -0.2) is 45.4 Å². The van der Waals surface area contributed by atoms with Crippen molar-refractivity contribution in [3.05, 3.63) is 83.9 Å². The minimum Gasteiger partial charge on any atom is -0.492 e. The van der Waals surface area contributed by atoms with Gasteiger partial charge in [-0.1, -0.05) is 60.7 Å². The Morgan fingerprint density at radius 2 is 1.46 bits per heavy atom. The number of benzene rings is 3. The number of amides is 1. The second-order valence-corrected chi connectivity index (χ2v) is 8.41. The van der Waals surface area contributed by atoms with Gasteiger partial charge < -0.3 is 24.4 Å². The van der Waals surface area contributed by atoms with E-state index in [0.717, 1.165) is 35.7 Å². The van der Waals surface area contributed by atoms with Gasteiger partial charge in [-0.05, 0) is 25.0 Å². The number of nitrogens with one attached hydrogen (secondary N) is 1. The molecule has 6 heteroatoms. The molecule has 1 saturated heterocycles. The van der Waals surface area contributed by atoms with E-state index in [2.05, 4.69) is 34.5 Å². The van der Waals surface area contributed by atoms with Crippen LogP contribution in [0.5, 0.6) is 11.5 Å². The lowest BCUT2D eigenvalue weighted by Crippen LogP contribution is -2.36. The lowest BCUT2D eigenvalue weighted by molar-refractivity contribution is -0.116. The molecule has 1 heterocycles. The molecular formula is C29H34N2O4. The molecule has 1 amide bonds. The topological polar surface area (TPSA) is 60.0 Å². The maximum absolute atomic E-state index is 13.3. The van der Waals surface area contributed by atoms with E-state index in [9.17, 15) is 4.79 Å². The van der Waals surface area contributed by atoms with Crippen molar-refractivity contribution in [1.82, 2.24) is 0 Å². The normalized spacial score (nSPS) is 13.5. The first kappa shape index (κ1) is 24.6. The van der Waals surface area contributed by atoms with Crippen molar-refractivity contribution in [3.8, 4) is 11.5 Å². The van der Waals surface area contributed by atoms with Crippen LogP contribution in [0.2, 0.25) is 0 Å². The maximum Gasteiger partial charge on any atom is 0.225 e. The Labute approximate surface area is 207 Å². The summed E-state index contributed by atoms with van der Waals surface area (Å²) in [5.41, 5.74) is 3.80. The molecule has 0 bridgehead atoms. The number of hydrogen-bond donors (Lipinski definition) is 1. The molecule has 1 N–H and O–H groups in total. The number of morpholine rings is 1. The van der Waals surface area contributed by atoms with Gasteiger partial charge in [-0.2, -0.15) is 0 Å². The minimum absolute atomic E-state index is 0.0491. The van der Waals surface area contributed by atoms with Crippen LogP contribution in [-0.2, 0) is 9.53 Å². The fourth-order valence-electron chi connectivity index (χ4n) is 4.43. The highest BCUT2D eigenvalue weighted by Gasteiger charge is 2.22. The monoisotopic (exact) mass is 474 g/mol. The molecule has 1 aliphatic rings. The zero-order chi connectivity index (χ0) is 24.5. The number of hydrogen-bond acceptors (Lipinski definition) is 5. The summed E-state index contributed by atoms with van der Waals surface area (Å²) in [4.78, 5) is 15.6. The van der Waals surface area contributed by atoms with Gasteiger partial charge in [0.25, 0.3) is 0 Å². The first-order chi connectivity index (χ1) is 17.2. The fraction of sp³-hybridized carbons (Fsp3) is 0.345. The molecule has 184 valence electrons. The molecule has 0 spiro atoms. The van der Waals surface area contributed by atoms with E-state index in [1.807, 2.05) is 62.4 Å². The quantitative estimate of drug-likeness (QED) is 0.422. The molecule has 35 heavy (non-hydrogen) atoms. The summed E-state index contributed by atoms with van der Waals surface area (Å²) in [6.07, 6.45) is 0.314. The van der Waals surface area contributed by atoms with Crippen LogP contribution in [0.25, 0.3) is 0 Å². The Bertz CT molecular complexity index is 1040. The molecule has 1 fully saturated rings. The van der Waals surface area contributed by atoms with E-state index < -0.39 is 0 Å². The first-order valence-corrected chi connectivity index (χ1v) is 12.4. The Morgan fingerprint density at radius 1 is 0.886 bits per heavy atom. The van der Waals surface area contributed by atoms with Crippen molar-refractivity contribution in [1.29, 1.82) is 0 Å². The van der Waals surface area contributed by atoms with Gasteiger partial charge in [0.05, 0.1) is 37.8 Å². The Morgan fingerprint density at radius 3 is 2.03 bits per heavy atom. The number of ether oxygens (including phenoxy) is 3. The highest BCUT2D eigenvalue weighted by atomic mass is 16.5. The van der Waals surface area contributed by atoms with Crippen LogP contribution in [0.3, 0.4) is 0 Å². The van der Waals surface area contributed by atoms with E-state index in [1.165, 1.54) is 0 Å². The third-order valence-electron chi connectivity index (χ3n) is 6.08. The molecular weight excluding hydrogens is 440 g/mol. The lowest BCUT2D eigenvalue weighted by Gasteiger charge is -2.31. The van der Waals surface area contributed by atoms with Crippen LogP contribution in [0.1, 0.15) is 37.3 Å². The summed E-state index contributed by atoms with van der Waals surface area (Å²) < 4.78 is 17.4. The van der Waals surface area contributed by atoms with Crippen molar-refractivity contribution >= 4 is 17.3 Å². The van der Waals surface area contributed by atoms with Crippen molar-refractivity contribution in [2.45, 2.75) is 26.2 Å². The standard InChI is InChI=1S/C29H34N2O4/c1-3-34-27-21-26(31-15-17-33-18-16-31)28(35-4-2)20-25(27)30-29(32)19-24(22-11-7-5-8-12-22)23-13-9-6-10-14-23/h5-14,20-21,24H,3-4,15-19H2,1-2H3,(H,30,32). The summed E-state index contributed by atoms with van der Waals surface area (Å²) in [6.45, 7) is 7.85. The highest BCUT2D eigenvalue weighted by molar-refractivity contribution is 5.94. The zero-order valence-corrected chi connectivity index (χ0v) is 20.5. The molecule has 4 rings (SSSR count). The van der Waals surface area contributed by atoms with Gasteiger partial charge in [0.1, 0.15) is 11.5 Å². The van der Waals surface area contributed by atoms with E-state index in [-0.39, 0.29) is 11.8 Å². The summed E-state index contributed by atoms with van der Waals surface area (Å²) in [5.74, 6) is 1.25. The third kappa shape index (κ3) is 6.34. The third-order valence-corrected chi connectivity index (χ3v) is 6.08. The summed E-state index contributed by atoms with van der Waals surface area (Å²) in [6, 6.07) is 24.2. The van der Waals surface area contributed by atoms with Crippen molar-refractivity contribution in [2.24, 2.45) is 0 Å². The van der Waals surface area contributed by atoms with Gasteiger partial charge in [-0.25, -0.2) is 0 Å². The molecule has 0 aliphatic carbocycles. The zero-order valence-electron chi connectivity index (χ0n) is 20.5. The van der Waals surface area contributed by atoms with E-state index in [4.69, 9.17) is 14.2 Å². The molecule has 6 nitrogen and oxygen atoms in total. The maximum atomic E-state index is 13.3. The van der Waals surface area contributed by atoms with Crippen molar-refractivity contribution in [2.75, 3.05) is 49.7 Å². The van der Waals surface area contributed by atoms with Crippen LogP contribution in [0, 0.1) is 0 Å². The SMILES string of the molecule is CCOc1cc(N2CCOCC2)c(OCC)cc1NC(=O)CC(c1ccccc1)c1ccccc1. The van der Waals surface area contributed by atoms with Crippen molar-refractivity contribution < 1.29 is 19.0 Å². The van der Waals surface area contributed by atoms with Gasteiger partial charge in [0.15, 0.2) is 0 Å². The molecule has 0 unspecified atom stereocenters. The smallest absolute Gasteiger partial charge is 0.225 e. The highest BCUT2D eigenvalue weighted by Crippen LogP contribution is 2.40. The largest absolute Gasteiger partial charge is 0.492 e. The van der Waals surface area contributed by atoms with Crippen molar-refractivity contribution in [3.63, 3.8) is 0 Å². The summed E-state index contributed by atoms with van der Waals surface area (Å²) in [7, 11) is 0. The summed E-state index contributed by atoms with van der Waals surface area (Å²) in [5, 5.41) is 3.11. The Balaban J connectivity index is 1.61. The molecule has 0 atom stereocenters. The predicted molar refractivity (Wildman–Crippen MR) is 140 cm³/mol. The van der Waals surface area contributed by atoms with Gasteiger partial charge in [0.2, 0.25) is 5.91 Å². The van der Waals surface area contributed by atoms with E-state index in [0.29, 0.717) is 44.3 Å². The van der Waals surface area contributed by atoms with Gasteiger partial charge >= 0.3 is 0 Å². The molecule has 3 aromatic rings. The molecule has 1 aliphatic heterocycles. The molecule has 0 saturated carbocycles. The number of anilines is 2. The van der Waals surface area contributed by atoms with E-state index >= 15 is 0 Å². The number of carbonyl (C=O) groups is 1. The Kier molecular flexibility index (Phi) is 8.63. The molecule has 0 radical (unpaired) electrons. The predicted octanol–water partition coefficient (Wildman–Crippen LogP) is 5.48. The van der Waals surface area contributed by atoms with Gasteiger partial charge in [-0.15, -0.1) is 0 Å². The number of nitrogens with zero attached hydrogens (tertiary/aromatic N) is 1. The van der Waals surface area contributed by atoms with Crippen LogP contribution < -0.4 is 19.7 Å². The number of rotatable bonds is 10. The lowest BCUT2D eigenvalue weighted by atomic mass is 9.88. The molecule has 0 aromatic heterocycles. The second-order valence-electron chi connectivity index (χ2n) is 8.41. The fourth-order valence-corrected chi connectivity index (χ4v) is 4.43. The van der Waals surface area contributed by atoms with Gasteiger partial charge in [0, 0.05) is 37.6 Å². The number of carbonyl (C=O) groups excluding carboxylic acids is 1. The Hall–Kier alpha value is -3.51. The van der Waals surface area contributed by atoms with Crippen LogP contribution >= 0.6 is 0 Å². The van der Waals surface area contributed by atoms with Crippen LogP contribution in [0.4, 0.5) is 11.4 Å². The average Bonchev–Trinajstić information content (AvgIpc) is 2.90.